The van der Waals surface area contributed by atoms with Gasteiger partial charge in [0.2, 0.25) is 0 Å². The summed E-state index contributed by atoms with van der Waals surface area (Å²) in [6, 6.07) is 6.20. The molecule has 2 nitrogen and oxygen atoms in total. The van der Waals surface area contributed by atoms with Crippen molar-refractivity contribution in [3.05, 3.63) is 34.9 Å². The molecular weight excluding hydrogens is 260 g/mol. The second kappa shape index (κ2) is 7.53. The Bertz CT molecular complexity index is 504. The first-order chi connectivity index (χ1) is 10.1. The third-order valence-electron chi connectivity index (χ3n) is 4.72. The number of Topliss-reactive ketones (excluding diaryl/α,β-unsaturated/α-hetero) is 1. The average Bonchev–Trinajstić information content (AvgIpc) is 2.58. The second-order valence-electron chi connectivity index (χ2n) is 6.46. The molecule has 0 heterocycles. The van der Waals surface area contributed by atoms with Crippen molar-refractivity contribution in [2.45, 2.75) is 64.7 Å². The minimum Gasteiger partial charge on any atom is -0.303 e. The van der Waals surface area contributed by atoms with E-state index in [0.29, 0.717) is 5.92 Å². The molecule has 1 aromatic carbocycles. The number of ketones is 1. The molecule has 1 aromatic rings. The molecule has 0 saturated heterocycles. The SMILES string of the molecule is CC(=O)c1ccc(C)cc1C1CCCCC(C=O)CCC1. The minimum atomic E-state index is 0.163. The maximum absolute atomic E-state index is 11.9. The standard InChI is InChI=1S/C19H26O2/c1-14-10-11-18(15(2)21)19(12-14)17-8-4-3-6-16(13-20)7-5-9-17/h10-13,16-17H,3-9H2,1-2H3. The van der Waals surface area contributed by atoms with Crippen molar-refractivity contribution in [3.8, 4) is 0 Å². The first-order valence-corrected chi connectivity index (χ1v) is 8.18. The normalized spacial score (nSPS) is 23.7. The highest BCUT2D eigenvalue weighted by atomic mass is 16.1. The van der Waals surface area contributed by atoms with Crippen molar-refractivity contribution < 1.29 is 9.59 Å². The summed E-state index contributed by atoms with van der Waals surface area (Å²) < 4.78 is 0. The maximum Gasteiger partial charge on any atom is 0.160 e. The van der Waals surface area contributed by atoms with Gasteiger partial charge in [-0.3, -0.25) is 4.79 Å². The Kier molecular flexibility index (Phi) is 5.72. The van der Waals surface area contributed by atoms with Gasteiger partial charge in [-0.1, -0.05) is 43.0 Å². The minimum absolute atomic E-state index is 0.163. The average molecular weight is 286 g/mol. The molecule has 1 aliphatic carbocycles. The largest absolute Gasteiger partial charge is 0.303 e. The van der Waals surface area contributed by atoms with Crippen LogP contribution in [-0.4, -0.2) is 12.1 Å². The third kappa shape index (κ3) is 4.26. The zero-order valence-electron chi connectivity index (χ0n) is 13.2. The highest BCUT2D eigenvalue weighted by Crippen LogP contribution is 2.34. The third-order valence-corrected chi connectivity index (χ3v) is 4.72. The van der Waals surface area contributed by atoms with Gasteiger partial charge in [-0.15, -0.1) is 0 Å². The summed E-state index contributed by atoms with van der Waals surface area (Å²) in [5.41, 5.74) is 3.34. The van der Waals surface area contributed by atoms with Gasteiger partial charge in [0.15, 0.2) is 5.78 Å². The first kappa shape index (κ1) is 15.9. The van der Waals surface area contributed by atoms with E-state index in [2.05, 4.69) is 13.0 Å². The van der Waals surface area contributed by atoms with E-state index in [1.165, 1.54) is 11.1 Å². The van der Waals surface area contributed by atoms with Crippen molar-refractivity contribution in [2.75, 3.05) is 0 Å². The van der Waals surface area contributed by atoms with Crippen LogP contribution in [0.1, 0.15) is 79.3 Å². The van der Waals surface area contributed by atoms with Gasteiger partial charge in [0.25, 0.3) is 0 Å². The molecule has 1 fully saturated rings. The Balaban J connectivity index is 2.21. The number of benzene rings is 1. The number of aryl methyl sites for hydroxylation is 1. The summed E-state index contributed by atoms with van der Waals surface area (Å²) in [7, 11) is 0. The molecule has 0 aromatic heterocycles. The van der Waals surface area contributed by atoms with Crippen molar-refractivity contribution in [3.63, 3.8) is 0 Å². The Hall–Kier alpha value is -1.44. The summed E-state index contributed by atoms with van der Waals surface area (Å²) in [5, 5.41) is 0. The predicted octanol–water partition coefficient (Wildman–Crippen LogP) is 4.84. The lowest BCUT2D eigenvalue weighted by atomic mass is 9.85. The summed E-state index contributed by atoms with van der Waals surface area (Å²) in [6.07, 6.45) is 8.75. The van der Waals surface area contributed by atoms with Gasteiger partial charge in [0.1, 0.15) is 6.29 Å². The first-order valence-electron chi connectivity index (χ1n) is 8.18. The fourth-order valence-corrected chi connectivity index (χ4v) is 3.50. The summed E-state index contributed by atoms with van der Waals surface area (Å²) in [5.74, 6) is 0.873. The fraction of sp³-hybridized carbons (Fsp3) is 0.579. The van der Waals surface area contributed by atoms with Crippen molar-refractivity contribution >= 4 is 12.1 Å². The molecule has 0 radical (unpaired) electrons. The smallest absolute Gasteiger partial charge is 0.160 e. The Labute approximate surface area is 127 Å². The van der Waals surface area contributed by atoms with Crippen LogP contribution >= 0.6 is 0 Å². The van der Waals surface area contributed by atoms with Crippen LogP contribution in [0.3, 0.4) is 0 Å². The van der Waals surface area contributed by atoms with Gasteiger partial charge in [-0.25, -0.2) is 0 Å². The van der Waals surface area contributed by atoms with Crippen molar-refractivity contribution in [1.82, 2.24) is 0 Å². The van der Waals surface area contributed by atoms with Gasteiger partial charge >= 0.3 is 0 Å². The summed E-state index contributed by atoms with van der Waals surface area (Å²) in [4.78, 5) is 22.9. The van der Waals surface area contributed by atoms with Crippen LogP contribution in [0.2, 0.25) is 0 Å². The highest BCUT2D eigenvalue weighted by molar-refractivity contribution is 5.95. The summed E-state index contributed by atoms with van der Waals surface area (Å²) >= 11 is 0. The number of aldehydes is 1. The van der Waals surface area contributed by atoms with E-state index in [9.17, 15) is 9.59 Å². The zero-order valence-corrected chi connectivity index (χ0v) is 13.2. The molecule has 1 aliphatic rings. The molecule has 2 atom stereocenters. The van der Waals surface area contributed by atoms with E-state index in [1.807, 2.05) is 12.1 Å². The lowest BCUT2D eigenvalue weighted by Gasteiger charge is -2.20. The molecular formula is C19H26O2. The van der Waals surface area contributed by atoms with E-state index in [1.54, 1.807) is 6.92 Å². The van der Waals surface area contributed by atoms with E-state index < -0.39 is 0 Å². The van der Waals surface area contributed by atoms with Crippen LogP contribution in [0.15, 0.2) is 18.2 Å². The molecule has 2 heteroatoms. The van der Waals surface area contributed by atoms with Crippen LogP contribution in [0.4, 0.5) is 0 Å². The Morgan fingerprint density at radius 1 is 1.10 bits per heavy atom. The number of rotatable bonds is 3. The van der Waals surface area contributed by atoms with Gasteiger partial charge in [0.05, 0.1) is 0 Å². The predicted molar refractivity (Wildman–Crippen MR) is 85.8 cm³/mol. The van der Waals surface area contributed by atoms with E-state index in [-0.39, 0.29) is 11.7 Å². The molecule has 0 bridgehead atoms. The van der Waals surface area contributed by atoms with Crippen molar-refractivity contribution in [1.29, 1.82) is 0 Å². The van der Waals surface area contributed by atoms with E-state index in [0.717, 1.165) is 56.8 Å². The molecule has 2 rings (SSSR count). The molecule has 2 unspecified atom stereocenters. The number of hydrogen-bond acceptors (Lipinski definition) is 2. The number of carbonyl (C=O) groups is 2. The second-order valence-corrected chi connectivity index (χ2v) is 6.46. The highest BCUT2D eigenvalue weighted by Gasteiger charge is 2.20. The van der Waals surface area contributed by atoms with Gasteiger partial charge < -0.3 is 4.79 Å². The fourth-order valence-electron chi connectivity index (χ4n) is 3.50. The monoisotopic (exact) mass is 286 g/mol. The molecule has 0 aliphatic heterocycles. The Morgan fingerprint density at radius 3 is 2.48 bits per heavy atom. The van der Waals surface area contributed by atoms with Crippen LogP contribution in [0, 0.1) is 12.8 Å². The quantitative estimate of drug-likeness (QED) is 0.588. The van der Waals surface area contributed by atoms with Crippen LogP contribution < -0.4 is 0 Å². The molecule has 114 valence electrons. The van der Waals surface area contributed by atoms with E-state index >= 15 is 0 Å². The summed E-state index contributed by atoms with van der Waals surface area (Å²) in [6.45, 7) is 3.75. The molecule has 0 spiro atoms. The van der Waals surface area contributed by atoms with E-state index in [4.69, 9.17) is 0 Å². The molecule has 21 heavy (non-hydrogen) atoms. The molecule has 0 amide bonds. The zero-order chi connectivity index (χ0) is 15.2. The van der Waals surface area contributed by atoms with Crippen LogP contribution in [0.5, 0.6) is 0 Å². The van der Waals surface area contributed by atoms with Crippen LogP contribution in [0.25, 0.3) is 0 Å². The van der Waals surface area contributed by atoms with Gasteiger partial charge in [-0.2, -0.15) is 0 Å². The van der Waals surface area contributed by atoms with Crippen LogP contribution in [-0.2, 0) is 4.79 Å². The lowest BCUT2D eigenvalue weighted by Crippen LogP contribution is -2.07. The molecule has 0 N–H and O–H groups in total. The van der Waals surface area contributed by atoms with Gasteiger partial charge in [-0.05, 0) is 51.0 Å². The maximum atomic E-state index is 11.9. The lowest BCUT2D eigenvalue weighted by molar-refractivity contribution is -0.111. The molecule has 1 saturated carbocycles. The number of carbonyl (C=O) groups excluding carboxylic acids is 2. The number of hydrogen-bond donors (Lipinski definition) is 0. The Morgan fingerprint density at radius 2 is 1.76 bits per heavy atom. The van der Waals surface area contributed by atoms with Gasteiger partial charge in [0, 0.05) is 11.5 Å². The topological polar surface area (TPSA) is 34.1 Å². The van der Waals surface area contributed by atoms with Crippen molar-refractivity contribution in [2.24, 2.45) is 5.92 Å².